The van der Waals surface area contributed by atoms with Gasteiger partial charge in [-0.25, -0.2) is 0 Å². The van der Waals surface area contributed by atoms with Crippen LogP contribution in [-0.4, -0.2) is 27.3 Å². The summed E-state index contributed by atoms with van der Waals surface area (Å²) in [5, 5.41) is 21.7. The SMILES string of the molecule is C=CCC(CC)(CCO)NCc1cc(=O)c(O)c[nH]1. The van der Waals surface area contributed by atoms with E-state index >= 15 is 0 Å². The Kier molecular flexibility index (Phi) is 5.79. The van der Waals surface area contributed by atoms with Crippen LogP contribution < -0.4 is 10.7 Å². The molecule has 0 saturated heterocycles. The Morgan fingerprint density at radius 3 is 2.84 bits per heavy atom. The predicted octanol–water partition coefficient (Wildman–Crippen LogP) is 1.28. The second-order valence-electron chi connectivity index (χ2n) is 4.66. The lowest BCUT2D eigenvalue weighted by Gasteiger charge is -2.32. The van der Waals surface area contributed by atoms with Gasteiger partial charge in [0.1, 0.15) is 0 Å². The van der Waals surface area contributed by atoms with E-state index in [-0.39, 0.29) is 17.9 Å². The summed E-state index contributed by atoms with van der Waals surface area (Å²) in [5.41, 5.74) is 0.0804. The number of aromatic amines is 1. The molecule has 1 aromatic heterocycles. The van der Waals surface area contributed by atoms with E-state index in [9.17, 15) is 15.0 Å². The van der Waals surface area contributed by atoms with Crippen LogP contribution >= 0.6 is 0 Å². The molecule has 1 aromatic rings. The highest BCUT2D eigenvalue weighted by atomic mass is 16.3. The Hall–Kier alpha value is -1.59. The van der Waals surface area contributed by atoms with Crippen molar-refractivity contribution in [2.75, 3.05) is 6.61 Å². The van der Waals surface area contributed by atoms with E-state index in [1.807, 2.05) is 13.0 Å². The monoisotopic (exact) mass is 266 g/mol. The lowest BCUT2D eigenvalue weighted by Crippen LogP contribution is -2.44. The van der Waals surface area contributed by atoms with Gasteiger partial charge in [0, 0.05) is 36.6 Å². The Balaban J connectivity index is 2.77. The Morgan fingerprint density at radius 2 is 2.32 bits per heavy atom. The second-order valence-corrected chi connectivity index (χ2v) is 4.66. The molecule has 1 atom stereocenters. The number of aromatic hydroxyl groups is 1. The number of pyridine rings is 1. The van der Waals surface area contributed by atoms with Crippen molar-refractivity contribution >= 4 is 0 Å². The molecule has 0 aliphatic carbocycles. The van der Waals surface area contributed by atoms with E-state index in [1.54, 1.807) is 0 Å². The highest BCUT2D eigenvalue weighted by molar-refractivity contribution is 5.18. The Morgan fingerprint density at radius 1 is 1.58 bits per heavy atom. The van der Waals surface area contributed by atoms with Gasteiger partial charge in [-0.3, -0.25) is 4.79 Å². The molecule has 1 rings (SSSR count). The zero-order valence-electron chi connectivity index (χ0n) is 11.3. The molecule has 1 unspecified atom stereocenters. The lowest BCUT2D eigenvalue weighted by molar-refractivity contribution is 0.202. The first kappa shape index (κ1) is 15.5. The second kappa shape index (κ2) is 7.11. The van der Waals surface area contributed by atoms with E-state index in [2.05, 4.69) is 16.9 Å². The van der Waals surface area contributed by atoms with Gasteiger partial charge in [-0.15, -0.1) is 6.58 Å². The van der Waals surface area contributed by atoms with E-state index in [0.29, 0.717) is 18.7 Å². The molecule has 106 valence electrons. The quantitative estimate of drug-likeness (QED) is 0.534. The Labute approximate surface area is 113 Å². The maximum Gasteiger partial charge on any atom is 0.223 e. The first-order valence-corrected chi connectivity index (χ1v) is 6.44. The fraction of sp³-hybridized carbons (Fsp3) is 0.500. The molecule has 19 heavy (non-hydrogen) atoms. The summed E-state index contributed by atoms with van der Waals surface area (Å²) in [4.78, 5) is 14.2. The van der Waals surface area contributed by atoms with Crippen LogP contribution in [0.5, 0.6) is 5.75 Å². The summed E-state index contributed by atoms with van der Waals surface area (Å²) < 4.78 is 0. The summed E-state index contributed by atoms with van der Waals surface area (Å²) in [6.07, 6.45) is 5.32. The Bertz CT molecular complexity index is 470. The highest BCUT2D eigenvalue weighted by Crippen LogP contribution is 2.20. The fourth-order valence-corrected chi connectivity index (χ4v) is 2.09. The van der Waals surface area contributed by atoms with Gasteiger partial charge in [-0.2, -0.15) is 0 Å². The summed E-state index contributed by atoms with van der Waals surface area (Å²) in [7, 11) is 0. The third-order valence-electron chi connectivity index (χ3n) is 3.41. The minimum atomic E-state index is -0.400. The number of aromatic nitrogens is 1. The molecule has 0 aromatic carbocycles. The minimum Gasteiger partial charge on any atom is -0.503 e. The van der Waals surface area contributed by atoms with Gasteiger partial charge in [0.25, 0.3) is 0 Å². The van der Waals surface area contributed by atoms with Crippen molar-refractivity contribution in [1.29, 1.82) is 0 Å². The van der Waals surface area contributed by atoms with Gasteiger partial charge in [0.05, 0.1) is 0 Å². The summed E-state index contributed by atoms with van der Waals surface area (Å²) >= 11 is 0. The van der Waals surface area contributed by atoms with Crippen molar-refractivity contribution in [3.63, 3.8) is 0 Å². The molecule has 0 radical (unpaired) electrons. The van der Waals surface area contributed by atoms with Crippen LogP contribution in [0, 0.1) is 0 Å². The van der Waals surface area contributed by atoms with Crippen LogP contribution in [0.2, 0.25) is 0 Å². The molecule has 0 saturated carbocycles. The molecule has 0 bridgehead atoms. The number of aliphatic hydroxyl groups is 1. The van der Waals surface area contributed by atoms with E-state index in [4.69, 9.17) is 0 Å². The third-order valence-corrected chi connectivity index (χ3v) is 3.41. The number of rotatable bonds is 8. The van der Waals surface area contributed by atoms with Crippen LogP contribution in [-0.2, 0) is 6.54 Å². The smallest absolute Gasteiger partial charge is 0.223 e. The molecule has 0 fully saturated rings. The zero-order valence-corrected chi connectivity index (χ0v) is 11.3. The summed E-state index contributed by atoms with van der Waals surface area (Å²) in [6, 6.07) is 1.37. The van der Waals surface area contributed by atoms with Crippen molar-refractivity contribution in [2.24, 2.45) is 0 Å². The minimum absolute atomic E-state index is 0.0980. The van der Waals surface area contributed by atoms with Crippen LogP contribution in [0.25, 0.3) is 0 Å². The third kappa shape index (κ3) is 4.22. The predicted molar refractivity (Wildman–Crippen MR) is 75.1 cm³/mol. The van der Waals surface area contributed by atoms with Gasteiger partial charge in [-0.1, -0.05) is 13.0 Å². The maximum absolute atomic E-state index is 11.3. The average molecular weight is 266 g/mol. The molecule has 0 spiro atoms. The van der Waals surface area contributed by atoms with Gasteiger partial charge in [-0.05, 0) is 19.3 Å². The van der Waals surface area contributed by atoms with Crippen molar-refractivity contribution in [2.45, 2.75) is 38.3 Å². The molecule has 0 aliphatic heterocycles. The maximum atomic E-state index is 11.3. The van der Waals surface area contributed by atoms with Gasteiger partial charge in [0.2, 0.25) is 5.43 Å². The molecular weight excluding hydrogens is 244 g/mol. The molecule has 5 nitrogen and oxygen atoms in total. The van der Waals surface area contributed by atoms with Crippen LogP contribution in [0.15, 0.2) is 29.7 Å². The first-order valence-electron chi connectivity index (χ1n) is 6.44. The molecular formula is C14H22N2O3. The summed E-state index contributed by atoms with van der Waals surface area (Å²) in [6.45, 7) is 6.36. The highest BCUT2D eigenvalue weighted by Gasteiger charge is 2.25. The van der Waals surface area contributed by atoms with Gasteiger partial charge in [0.15, 0.2) is 5.75 Å². The van der Waals surface area contributed by atoms with Crippen molar-refractivity contribution in [3.8, 4) is 5.75 Å². The summed E-state index contributed by atoms with van der Waals surface area (Å²) in [5.74, 6) is -0.285. The van der Waals surface area contributed by atoms with Crippen LogP contribution in [0.1, 0.15) is 31.9 Å². The average Bonchev–Trinajstić information content (AvgIpc) is 2.40. The standard InChI is InChI=1S/C14H22N2O3/c1-3-5-14(4-2,6-7-17)16-9-11-8-12(18)13(19)10-15-11/h3,8,10,16-17,19H,1,4-7,9H2,2H3,(H,15,18). The first-order chi connectivity index (χ1) is 9.06. The molecule has 5 heteroatoms. The molecule has 1 heterocycles. The lowest BCUT2D eigenvalue weighted by atomic mass is 9.88. The number of aliphatic hydroxyl groups excluding tert-OH is 1. The van der Waals surface area contributed by atoms with Crippen molar-refractivity contribution < 1.29 is 10.2 Å². The van der Waals surface area contributed by atoms with Gasteiger partial charge >= 0.3 is 0 Å². The zero-order chi connectivity index (χ0) is 14.3. The van der Waals surface area contributed by atoms with Gasteiger partial charge < -0.3 is 20.5 Å². The fourth-order valence-electron chi connectivity index (χ4n) is 2.09. The normalized spacial score (nSPS) is 14.0. The van der Waals surface area contributed by atoms with Crippen LogP contribution in [0.3, 0.4) is 0 Å². The van der Waals surface area contributed by atoms with E-state index in [0.717, 1.165) is 12.8 Å². The largest absolute Gasteiger partial charge is 0.503 e. The van der Waals surface area contributed by atoms with Crippen molar-refractivity contribution in [3.05, 3.63) is 40.8 Å². The number of hydrogen-bond acceptors (Lipinski definition) is 4. The van der Waals surface area contributed by atoms with Crippen molar-refractivity contribution in [1.82, 2.24) is 10.3 Å². The number of hydrogen-bond donors (Lipinski definition) is 4. The topological polar surface area (TPSA) is 85.3 Å². The van der Waals surface area contributed by atoms with E-state index in [1.165, 1.54) is 12.3 Å². The molecule has 4 N–H and O–H groups in total. The van der Waals surface area contributed by atoms with Crippen LogP contribution in [0.4, 0.5) is 0 Å². The molecule has 0 amide bonds. The number of nitrogens with one attached hydrogen (secondary N) is 2. The molecule has 0 aliphatic rings. The van der Waals surface area contributed by atoms with E-state index < -0.39 is 5.43 Å². The number of H-pyrrole nitrogens is 1.